The fourth-order valence-corrected chi connectivity index (χ4v) is 3.61. The van der Waals surface area contributed by atoms with Gasteiger partial charge in [-0.05, 0) is 53.5 Å². The summed E-state index contributed by atoms with van der Waals surface area (Å²) in [6.07, 6.45) is 4.76. The molecule has 2 aromatic carbocycles. The minimum atomic E-state index is 0.278. The quantitative estimate of drug-likeness (QED) is 0.704. The van der Waals surface area contributed by atoms with Crippen molar-refractivity contribution in [1.82, 2.24) is 0 Å². The van der Waals surface area contributed by atoms with Gasteiger partial charge >= 0.3 is 0 Å². The minimum Gasteiger partial charge on any atom is -0.384 e. The number of hydrogen-bond donors (Lipinski definition) is 0. The van der Waals surface area contributed by atoms with Crippen molar-refractivity contribution in [1.29, 1.82) is 0 Å². The van der Waals surface area contributed by atoms with Crippen LogP contribution in [0.25, 0.3) is 0 Å². The molecule has 0 heterocycles. The fraction of sp³-hybridized carbons (Fsp3) is 0.368. The lowest BCUT2D eigenvalue weighted by molar-refractivity contribution is 0.202. The third kappa shape index (κ3) is 3.38. The van der Waals surface area contributed by atoms with Crippen LogP contribution in [0.1, 0.15) is 39.1 Å². The number of alkyl halides is 1. The van der Waals surface area contributed by atoms with Crippen LogP contribution in [0.15, 0.2) is 42.5 Å². The van der Waals surface area contributed by atoms with E-state index < -0.39 is 0 Å². The molecular weight excluding hydrogens is 324 g/mol. The SMILES string of the molecule is COCCc1ccc(C(Br)c2ccc3c(c2)CCC3)cc1. The summed E-state index contributed by atoms with van der Waals surface area (Å²) >= 11 is 3.85. The van der Waals surface area contributed by atoms with E-state index in [1.807, 2.05) is 0 Å². The summed E-state index contributed by atoms with van der Waals surface area (Å²) in [6, 6.07) is 15.8. The van der Waals surface area contributed by atoms with Crippen molar-refractivity contribution in [3.8, 4) is 0 Å². The fourth-order valence-electron chi connectivity index (χ4n) is 3.02. The van der Waals surface area contributed by atoms with Gasteiger partial charge in [-0.1, -0.05) is 58.4 Å². The van der Waals surface area contributed by atoms with Crippen molar-refractivity contribution in [2.24, 2.45) is 0 Å². The van der Waals surface area contributed by atoms with Gasteiger partial charge in [0.15, 0.2) is 0 Å². The summed E-state index contributed by atoms with van der Waals surface area (Å²) in [5.41, 5.74) is 7.07. The van der Waals surface area contributed by atoms with Gasteiger partial charge in [-0.3, -0.25) is 0 Å². The highest BCUT2D eigenvalue weighted by atomic mass is 79.9. The molecule has 0 saturated carbocycles. The Morgan fingerprint density at radius 1 is 1.00 bits per heavy atom. The first-order chi connectivity index (χ1) is 10.3. The molecule has 0 saturated heterocycles. The summed E-state index contributed by atoms with van der Waals surface area (Å²) < 4.78 is 5.13. The summed E-state index contributed by atoms with van der Waals surface area (Å²) in [7, 11) is 1.75. The Balaban J connectivity index is 1.76. The molecule has 0 N–H and O–H groups in total. The third-order valence-corrected chi connectivity index (χ3v) is 5.34. The Bertz CT molecular complexity index is 603. The Morgan fingerprint density at radius 3 is 2.48 bits per heavy atom. The van der Waals surface area contributed by atoms with Gasteiger partial charge in [-0.25, -0.2) is 0 Å². The van der Waals surface area contributed by atoms with Gasteiger partial charge in [0.25, 0.3) is 0 Å². The largest absolute Gasteiger partial charge is 0.384 e. The number of hydrogen-bond acceptors (Lipinski definition) is 1. The van der Waals surface area contributed by atoms with E-state index >= 15 is 0 Å². The molecule has 1 atom stereocenters. The predicted molar refractivity (Wildman–Crippen MR) is 91.3 cm³/mol. The van der Waals surface area contributed by atoms with E-state index in [1.165, 1.54) is 47.1 Å². The predicted octanol–water partition coefficient (Wildman–Crippen LogP) is 4.85. The number of halogens is 1. The average molecular weight is 345 g/mol. The maximum atomic E-state index is 5.13. The second kappa shape index (κ2) is 6.76. The minimum absolute atomic E-state index is 0.278. The second-order valence-corrected chi connectivity index (χ2v) is 6.64. The number of rotatable bonds is 5. The summed E-state index contributed by atoms with van der Waals surface area (Å²) in [4.78, 5) is 0.278. The smallest absolute Gasteiger partial charge is 0.0644 e. The lowest BCUT2D eigenvalue weighted by Gasteiger charge is -2.13. The molecule has 0 aromatic heterocycles. The molecule has 0 fully saturated rings. The van der Waals surface area contributed by atoms with E-state index in [-0.39, 0.29) is 4.83 Å². The summed E-state index contributed by atoms with van der Waals surface area (Å²) in [5, 5.41) is 0. The Hall–Kier alpha value is -1.12. The number of methoxy groups -OCH3 is 1. The topological polar surface area (TPSA) is 9.23 Å². The zero-order valence-electron chi connectivity index (χ0n) is 12.4. The zero-order valence-corrected chi connectivity index (χ0v) is 14.0. The summed E-state index contributed by atoms with van der Waals surface area (Å²) in [5.74, 6) is 0. The number of ether oxygens (including phenoxy) is 1. The van der Waals surface area contributed by atoms with Gasteiger partial charge in [-0.2, -0.15) is 0 Å². The van der Waals surface area contributed by atoms with Crippen molar-refractivity contribution >= 4 is 15.9 Å². The van der Waals surface area contributed by atoms with Crippen LogP contribution in [0, 0.1) is 0 Å². The molecule has 0 radical (unpaired) electrons. The van der Waals surface area contributed by atoms with Crippen LogP contribution in [0.2, 0.25) is 0 Å². The van der Waals surface area contributed by atoms with Crippen molar-refractivity contribution in [3.63, 3.8) is 0 Å². The Kier molecular flexibility index (Phi) is 4.77. The lowest BCUT2D eigenvalue weighted by Crippen LogP contribution is -1.97. The van der Waals surface area contributed by atoms with Crippen LogP contribution in [0.4, 0.5) is 0 Å². The van der Waals surface area contributed by atoms with E-state index in [0.717, 1.165) is 13.0 Å². The summed E-state index contributed by atoms with van der Waals surface area (Å²) in [6.45, 7) is 0.780. The van der Waals surface area contributed by atoms with Gasteiger partial charge in [0, 0.05) is 7.11 Å². The van der Waals surface area contributed by atoms with Crippen LogP contribution < -0.4 is 0 Å². The van der Waals surface area contributed by atoms with Gasteiger partial charge in [-0.15, -0.1) is 0 Å². The van der Waals surface area contributed by atoms with Gasteiger partial charge < -0.3 is 4.74 Å². The molecule has 1 unspecified atom stereocenters. The van der Waals surface area contributed by atoms with E-state index in [0.29, 0.717) is 0 Å². The van der Waals surface area contributed by atoms with Gasteiger partial charge in [0.2, 0.25) is 0 Å². The van der Waals surface area contributed by atoms with Crippen molar-refractivity contribution in [3.05, 3.63) is 70.3 Å². The van der Waals surface area contributed by atoms with Gasteiger partial charge in [0.05, 0.1) is 11.4 Å². The molecule has 0 aliphatic heterocycles. The second-order valence-electron chi connectivity index (χ2n) is 5.73. The molecule has 0 spiro atoms. The first-order valence-electron chi connectivity index (χ1n) is 7.61. The molecule has 1 aliphatic carbocycles. The molecule has 2 aromatic rings. The monoisotopic (exact) mass is 344 g/mol. The maximum absolute atomic E-state index is 5.13. The van der Waals surface area contributed by atoms with E-state index in [4.69, 9.17) is 4.74 Å². The van der Waals surface area contributed by atoms with Crippen molar-refractivity contribution in [2.45, 2.75) is 30.5 Å². The van der Waals surface area contributed by atoms with Crippen molar-refractivity contribution in [2.75, 3.05) is 13.7 Å². The van der Waals surface area contributed by atoms with Crippen LogP contribution in [-0.4, -0.2) is 13.7 Å². The van der Waals surface area contributed by atoms with E-state index in [9.17, 15) is 0 Å². The molecule has 21 heavy (non-hydrogen) atoms. The van der Waals surface area contributed by atoms with Crippen LogP contribution >= 0.6 is 15.9 Å². The van der Waals surface area contributed by atoms with Gasteiger partial charge in [0.1, 0.15) is 0 Å². The zero-order chi connectivity index (χ0) is 14.7. The van der Waals surface area contributed by atoms with E-state index in [2.05, 4.69) is 58.4 Å². The highest BCUT2D eigenvalue weighted by molar-refractivity contribution is 9.09. The highest BCUT2D eigenvalue weighted by Crippen LogP contribution is 2.33. The first-order valence-corrected chi connectivity index (χ1v) is 8.53. The number of benzene rings is 2. The van der Waals surface area contributed by atoms with Crippen LogP contribution in [0.3, 0.4) is 0 Å². The Labute approximate surface area is 135 Å². The maximum Gasteiger partial charge on any atom is 0.0644 e. The molecule has 110 valence electrons. The molecule has 0 amide bonds. The van der Waals surface area contributed by atoms with Crippen LogP contribution in [0.5, 0.6) is 0 Å². The molecule has 0 bridgehead atoms. The average Bonchev–Trinajstić information content (AvgIpc) is 3.00. The number of aryl methyl sites for hydroxylation is 2. The molecule has 2 heteroatoms. The van der Waals surface area contributed by atoms with E-state index in [1.54, 1.807) is 7.11 Å². The third-order valence-electron chi connectivity index (χ3n) is 4.28. The normalized spacial score (nSPS) is 15.0. The van der Waals surface area contributed by atoms with Crippen molar-refractivity contribution < 1.29 is 4.74 Å². The standard InChI is InChI=1S/C19H21BrO/c1-21-12-11-14-5-7-16(8-6-14)19(20)18-10-9-15-3-2-4-17(15)13-18/h5-10,13,19H,2-4,11-12H2,1H3. The highest BCUT2D eigenvalue weighted by Gasteiger charge is 2.15. The Morgan fingerprint density at radius 2 is 1.71 bits per heavy atom. The molecular formula is C19H21BrO. The number of fused-ring (bicyclic) bond motifs is 1. The molecule has 1 nitrogen and oxygen atoms in total. The first kappa shape index (κ1) is 14.8. The lowest BCUT2D eigenvalue weighted by atomic mass is 9.99. The van der Waals surface area contributed by atoms with Crippen LogP contribution in [-0.2, 0) is 24.0 Å². The molecule has 3 rings (SSSR count). The molecule has 1 aliphatic rings.